The van der Waals surface area contributed by atoms with Crippen LogP contribution in [-0.2, 0) is 4.74 Å². The molecule has 3 aromatic rings. The average molecular weight is 405 g/mol. The normalized spacial score (nSPS) is 20.3. The van der Waals surface area contributed by atoms with Crippen LogP contribution >= 0.6 is 11.8 Å². The van der Waals surface area contributed by atoms with Crippen LogP contribution in [-0.4, -0.2) is 51.1 Å². The molecule has 1 aromatic carbocycles. The standard InChI is InChI=1S/C19H21F2N5OS/c1-11-9-25(10-12(2)27-11)15-8-16(24-19(23-15)28-3)26-14-7-5-4-6-13(14)22-18(26)17(20)21/h4-8,11-12,17H,9-10H2,1-3H3/t11-,12+. The maximum atomic E-state index is 13.7. The third kappa shape index (κ3) is 3.56. The summed E-state index contributed by atoms with van der Waals surface area (Å²) in [6.45, 7) is 5.39. The number of fused-ring (bicyclic) bond motifs is 1. The number of hydrogen-bond donors (Lipinski definition) is 0. The second kappa shape index (κ2) is 7.63. The quantitative estimate of drug-likeness (QED) is 0.481. The van der Waals surface area contributed by atoms with Crippen LogP contribution in [0.25, 0.3) is 16.9 Å². The predicted octanol–water partition coefficient (Wildman–Crippen LogP) is 4.09. The highest BCUT2D eigenvalue weighted by Gasteiger charge is 2.26. The van der Waals surface area contributed by atoms with Gasteiger partial charge in [0.25, 0.3) is 6.43 Å². The van der Waals surface area contributed by atoms with Crippen molar-refractivity contribution in [3.63, 3.8) is 0 Å². The summed E-state index contributed by atoms with van der Waals surface area (Å²) in [5.74, 6) is 0.779. The molecule has 0 N–H and O–H groups in total. The molecule has 0 amide bonds. The van der Waals surface area contributed by atoms with Gasteiger partial charge in [-0.1, -0.05) is 23.9 Å². The van der Waals surface area contributed by atoms with Crippen LogP contribution < -0.4 is 4.90 Å². The molecule has 1 aliphatic rings. The fourth-order valence-electron chi connectivity index (χ4n) is 3.57. The van der Waals surface area contributed by atoms with E-state index in [1.54, 1.807) is 30.3 Å². The van der Waals surface area contributed by atoms with Crippen LogP contribution in [0.5, 0.6) is 0 Å². The number of thioether (sulfide) groups is 1. The summed E-state index contributed by atoms with van der Waals surface area (Å²) in [7, 11) is 0. The molecule has 2 aromatic heterocycles. The number of morpholine rings is 1. The molecule has 1 fully saturated rings. The Morgan fingerprint density at radius 2 is 1.75 bits per heavy atom. The largest absolute Gasteiger partial charge is 0.372 e. The van der Waals surface area contributed by atoms with Crippen LogP contribution in [0.4, 0.5) is 14.6 Å². The maximum Gasteiger partial charge on any atom is 0.296 e. The fourth-order valence-corrected chi connectivity index (χ4v) is 3.94. The first kappa shape index (κ1) is 19.1. The molecule has 1 aliphatic heterocycles. The van der Waals surface area contributed by atoms with Gasteiger partial charge >= 0.3 is 0 Å². The van der Waals surface area contributed by atoms with Gasteiger partial charge in [-0.2, -0.15) is 0 Å². The Morgan fingerprint density at radius 3 is 2.43 bits per heavy atom. The van der Waals surface area contributed by atoms with Crippen LogP contribution in [0.3, 0.4) is 0 Å². The van der Waals surface area contributed by atoms with E-state index in [9.17, 15) is 8.78 Å². The Morgan fingerprint density at radius 1 is 1.07 bits per heavy atom. The maximum absolute atomic E-state index is 13.7. The summed E-state index contributed by atoms with van der Waals surface area (Å²) in [6.07, 6.45) is -0.726. The summed E-state index contributed by atoms with van der Waals surface area (Å²) in [6, 6.07) is 8.83. The van der Waals surface area contributed by atoms with Crippen molar-refractivity contribution >= 4 is 28.6 Å². The van der Waals surface area contributed by atoms with E-state index in [4.69, 9.17) is 4.74 Å². The summed E-state index contributed by atoms with van der Waals surface area (Å²) >= 11 is 1.38. The van der Waals surface area contributed by atoms with Crippen LogP contribution in [0, 0.1) is 0 Å². The Kier molecular flexibility index (Phi) is 5.20. The van der Waals surface area contributed by atoms with Gasteiger partial charge < -0.3 is 9.64 Å². The number of benzene rings is 1. The Hall–Kier alpha value is -2.26. The lowest BCUT2D eigenvalue weighted by molar-refractivity contribution is -0.00550. The first-order chi connectivity index (χ1) is 13.5. The molecule has 2 atom stereocenters. The number of rotatable bonds is 4. The second-order valence-electron chi connectivity index (χ2n) is 6.83. The minimum absolute atomic E-state index is 0.0607. The van der Waals surface area contributed by atoms with Crippen molar-refractivity contribution in [2.24, 2.45) is 0 Å². The summed E-state index contributed by atoms with van der Waals surface area (Å²) in [5, 5.41) is 0.525. The molecule has 0 aliphatic carbocycles. The van der Waals surface area contributed by atoms with Crippen molar-refractivity contribution < 1.29 is 13.5 Å². The number of halogens is 2. The molecule has 4 rings (SSSR count). The Labute approximate surface area is 165 Å². The predicted molar refractivity (Wildman–Crippen MR) is 106 cm³/mol. The highest BCUT2D eigenvalue weighted by Crippen LogP contribution is 2.30. The van der Waals surface area contributed by atoms with Crippen molar-refractivity contribution in [1.29, 1.82) is 0 Å². The van der Waals surface area contributed by atoms with E-state index in [-0.39, 0.29) is 18.0 Å². The zero-order valence-electron chi connectivity index (χ0n) is 15.8. The van der Waals surface area contributed by atoms with Gasteiger partial charge in [0.15, 0.2) is 11.0 Å². The molecule has 1 saturated heterocycles. The van der Waals surface area contributed by atoms with Gasteiger partial charge in [0.05, 0.1) is 23.2 Å². The smallest absolute Gasteiger partial charge is 0.296 e. The lowest BCUT2D eigenvalue weighted by atomic mass is 10.2. The Bertz CT molecular complexity index is 986. The fraction of sp³-hybridized carbons (Fsp3) is 0.421. The molecular weight excluding hydrogens is 384 g/mol. The number of alkyl halides is 2. The van der Waals surface area contributed by atoms with Gasteiger partial charge in [0.1, 0.15) is 11.6 Å². The number of para-hydroxylation sites is 2. The lowest BCUT2D eigenvalue weighted by Crippen LogP contribution is -2.46. The van der Waals surface area contributed by atoms with Crippen molar-refractivity contribution in [3.8, 4) is 5.82 Å². The molecule has 148 valence electrons. The first-order valence-electron chi connectivity index (χ1n) is 9.05. The van der Waals surface area contributed by atoms with Crippen molar-refractivity contribution in [3.05, 3.63) is 36.2 Å². The minimum Gasteiger partial charge on any atom is -0.372 e. The minimum atomic E-state index is -2.72. The third-order valence-corrected chi connectivity index (χ3v) is 5.16. The second-order valence-corrected chi connectivity index (χ2v) is 7.60. The molecule has 0 unspecified atom stereocenters. The molecule has 0 spiro atoms. The number of imidazole rings is 1. The topological polar surface area (TPSA) is 56.1 Å². The summed E-state index contributed by atoms with van der Waals surface area (Å²) in [4.78, 5) is 15.4. The van der Waals surface area contributed by atoms with E-state index in [1.165, 1.54) is 16.3 Å². The van der Waals surface area contributed by atoms with E-state index in [2.05, 4.69) is 19.9 Å². The van der Waals surface area contributed by atoms with Gasteiger partial charge in [-0.25, -0.2) is 23.7 Å². The summed E-state index contributed by atoms with van der Waals surface area (Å²) < 4.78 is 34.7. The molecular formula is C19H21F2N5OS. The number of anilines is 1. The van der Waals surface area contributed by atoms with Gasteiger partial charge in [0, 0.05) is 19.2 Å². The lowest BCUT2D eigenvalue weighted by Gasteiger charge is -2.36. The number of hydrogen-bond acceptors (Lipinski definition) is 6. The van der Waals surface area contributed by atoms with E-state index >= 15 is 0 Å². The monoisotopic (exact) mass is 405 g/mol. The highest BCUT2D eigenvalue weighted by atomic mass is 32.2. The van der Waals surface area contributed by atoms with Gasteiger partial charge in [-0.3, -0.25) is 4.57 Å². The van der Waals surface area contributed by atoms with Crippen molar-refractivity contribution in [2.75, 3.05) is 24.2 Å². The first-order valence-corrected chi connectivity index (χ1v) is 10.3. The number of nitrogens with zero attached hydrogens (tertiary/aromatic N) is 5. The number of aromatic nitrogens is 4. The highest BCUT2D eigenvalue weighted by molar-refractivity contribution is 7.98. The number of ether oxygens (including phenoxy) is 1. The van der Waals surface area contributed by atoms with E-state index in [0.717, 1.165) is 0 Å². The average Bonchev–Trinajstić information content (AvgIpc) is 3.07. The Balaban J connectivity index is 1.87. The zero-order chi connectivity index (χ0) is 19.8. The van der Waals surface area contributed by atoms with Crippen molar-refractivity contribution in [1.82, 2.24) is 19.5 Å². The molecule has 28 heavy (non-hydrogen) atoms. The van der Waals surface area contributed by atoms with Crippen LogP contribution in [0.1, 0.15) is 26.1 Å². The molecule has 9 heteroatoms. The van der Waals surface area contributed by atoms with Crippen LogP contribution in [0.15, 0.2) is 35.5 Å². The van der Waals surface area contributed by atoms with Crippen LogP contribution in [0.2, 0.25) is 0 Å². The molecule has 6 nitrogen and oxygen atoms in total. The van der Waals surface area contributed by atoms with E-state index in [1.807, 2.05) is 20.1 Å². The van der Waals surface area contributed by atoms with Gasteiger partial charge in [-0.15, -0.1) is 0 Å². The molecule has 0 radical (unpaired) electrons. The molecule has 0 saturated carbocycles. The van der Waals surface area contributed by atoms with Gasteiger partial charge in [0.2, 0.25) is 0 Å². The van der Waals surface area contributed by atoms with Gasteiger partial charge in [-0.05, 0) is 32.2 Å². The van der Waals surface area contributed by atoms with Crippen molar-refractivity contribution in [2.45, 2.75) is 37.6 Å². The SMILES string of the molecule is CSc1nc(N2C[C@@H](C)O[C@@H](C)C2)cc(-n2c(C(F)F)nc3ccccc32)n1. The van der Waals surface area contributed by atoms with E-state index < -0.39 is 6.43 Å². The van der Waals surface area contributed by atoms with E-state index in [0.29, 0.717) is 40.9 Å². The molecule has 3 heterocycles. The summed E-state index contributed by atoms with van der Waals surface area (Å²) in [5.41, 5.74) is 1.11. The third-order valence-electron chi connectivity index (χ3n) is 4.62. The molecule has 0 bridgehead atoms. The zero-order valence-corrected chi connectivity index (χ0v) is 16.7.